The Morgan fingerprint density at radius 2 is 1.65 bits per heavy atom. The van der Waals surface area contributed by atoms with Crippen molar-refractivity contribution < 1.29 is 23.5 Å². The Hall–Kier alpha value is -2.89. The van der Waals surface area contributed by atoms with E-state index in [1.54, 1.807) is 6.07 Å². The van der Waals surface area contributed by atoms with Gasteiger partial charge in [-0.2, -0.15) is 0 Å². The number of hydrogen-bond donors (Lipinski definition) is 1. The van der Waals surface area contributed by atoms with Gasteiger partial charge in [-0.1, -0.05) is 17.7 Å². The maximum Gasteiger partial charge on any atom is 0.347 e. The van der Waals surface area contributed by atoms with E-state index < -0.39 is 29.9 Å². The fourth-order valence-corrected chi connectivity index (χ4v) is 2.28. The summed E-state index contributed by atoms with van der Waals surface area (Å²) in [5.41, 5.74) is 2.68. The number of halogens is 1. The number of esters is 1. The zero-order valence-corrected chi connectivity index (χ0v) is 15.2. The highest BCUT2D eigenvalue weighted by Gasteiger charge is 2.23. The number of amides is 1. The lowest BCUT2D eigenvalue weighted by Gasteiger charge is -2.18. The molecule has 0 heterocycles. The summed E-state index contributed by atoms with van der Waals surface area (Å²) >= 11 is 0. The third-order valence-corrected chi connectivity index (χ3v) is 3.76. The predicted molar refractivity (Wildman–Crippen MR) is 96.6 cm³/mol. The van der Waals surface area contributed by atoms with Crippen LogP contribution in [0.3, 0.4) is 0 Å². The number of carbonyl (C=O) groups is 2. The Morgan fingerprint density at radius 1 is 1.00 bits per heavy atom. The van der Waals surface area contributed by atoms with Crippen molar-refractivity contribution in [2.24, 2.45) is 0 Å². The summed E-state index contributed by atoms with van der Waals surface area (Å²) in [5, 5.41) is 2.74. The number of nitrogens with one attached hydrogen (secondary N) is 1. The van der Waals surface area contributed by atoms with E-state index in [1.165, 1.54) is 38.1 Å². The van der Waals surface area contributed by atoms with Crippen LogP contribution in [0, 0.1) is 19.7 Å². The highest BCUT2D eigenvalue weighted by atomic mass is 19.1. The molecule has 0 saturated heterocycles. The summed E-state index contributed by atoms with van der Waals surface area (Å²) in [6, 6.07) is 10.9. The van der Waals surface area contributed by atoms with Gasteiger partial charge in [0.15, 0.2) is 12.2 Å². The van der Waals surface area contributed by atoms with E-state index >= 15 is 0 Å². The first-order valence-electron chi connectivity index (χ1n) is 8.27. The molecule has 0 bridgehead atoms. The molecule has 138 valence electrons. The van der Waals surface area contributed by atoms with E-state index in [4.69, 9.17) is 9.47 Å². The molecule has 1 amide bonds. The Labute approximate surface area is 152 Å². The zero-order valence-electron chi connectivity index (χ0n) is 15.2. The van der Waals surface area contributed by atoms with Gasteiger partial charge in [0, 0.05) is 5.69 Å². The summed E-state index contributed by atoms with van der Waals surface area (Å²) in [5.74, 6) is -1.18. The number of benzene rings is 2. The first kappa shape index (κ1) is 19.4. The van der Waals surface area contributed by atoms with E-state index in [-0.39, 0.29) is 0 Å². The van der Waals surface area contributed by atoms with Gasteiger partial charge in [-0.3, -0.25) is 4.79 Å². The number of anilines is 1. The molecule has 0 fully saturated rings. The van der Waals surface area contributed by atoms with Crippen LogP contribution in [0.5, 0.6) is 5.75 Å². The molecule has 1 N–H and O–H groups in total. The van der Waals surface area contributed by atoms with Crippen molar-refractivity contribution >= 4 is 17.6 Å². The topological polar surface area (TPSA) is 64.6 Å². The first-order chi connectivity index (χ1) is 12.3. The van der Waals surface area contributed by atoms with Crippen molar-refractivity contribution in [3.63, 3.8) is 0 Å². The van der Waals surface area contributed by atoms with E-state index in [0.717, 1.165) is 11.1 Å². The monoisotopic (exact) mass is 359 g/mol. The average Bonchev–Trinajstić information content (AvgIpc) is 2.59. The van der Waals surface area contributed by atoms with Gasteiger partial charge in [0.1, 0.15) is 11.6 Å². The van der Waals surface area contributed by atoms with Crippen LogP contribution in [0.25, 0.3) is 0 Å². The second kappa shape index (κ2) is 8.47. The lowest BCUT2D eigenvalue weighted by atomic mass is 10.1. The van der Waals surface area contributed by atoms with Gasteiger partial charge in [0.05, 0.1) is 0 Å². The minimum absolute atomic E-state index is 0.336. The van der Waals surface area contributed by atoms with Crippen LogP contribution < -0.4 is 10.1 Å². The Kier molecular flexibility index (Phi) is 6.33. The molecular weight excluding hydrogens is 337 g/mol. The molecule has 0 unspecified atom stereocenters. The van der Waals surface area contributed by atoms with Crippen LogP contribution in [-0.2, 0) is 14.3 Å². The van der Waals surface area contributed by atoms with E-state index in [2.05, 4.69) is 5.32 Å². The third-order valence-electron chi connectivity index (χ3n) is 3.76. The van der Waals surface area contributed by atoms with Crippen molar-refractivity contribution in [2.45, 2.75) is 39.9 Å². The molecule has 0 aromatic heterocycles. The van der Waals surface area contributed by atoms with Crippen LogP contribution in [0.1, 0.15) is 25.0 Å². The van der Waals surface area contributed by atoms with Crippen LogP contribution in [0.2, 0.25) is 0 Å². The van der Waals surface area contributed by atoms with Crippen molar-refractivity contribution in [1.82, 2.24) is 0 Å². The molecule has 0 radical (unpaired) electrons. The van der Waals surface area contributed by atoms with Crippen LogP contribution in [-0.4, -0.2) is 24.1 Å². The molecule has 6 heteroatoms. The van der Waals surface area contributed by atoms with E-state index in [9.17, 15) is 14.0 Å². The molecule has 26 heavy (non-hydrogen) atoms. The average molecular weight is 359 g/mol. The SMILES string of the molecule is Cc1ccc(NC(=O)[C@H](C)OC(=O)[C@H](C)Oc2ccc(F)cc2)c(C)c1. The number of aryl methyl sites for hydroxylation is 2. The lowest BCUT2D eigenvalue weighted by molar-refractivity contribution is -0.159. The lowest BCUT2D eigenvalue weighted by Crippen LogP contribution is -2.35. The summed E-state index contributed by atoms with van der Waals surface area (Å²) in [6.07, 6.45) is -1.92. The molecule has 2 rings (SSSR count). The molecule has 5 nitrogen and oxygen atoms in total. The van der Waals surface area contributed by atoms with Gasteiger partial charge in [-0.15, -0.1) is 0 Å². The van der Waals surface area contributed by atoms with Crippen molar-refractivity contribution in [1.29, 1.82) is 0 Å². The van der Waals surface area contributed by atoms with Crippen LogP contribution in [0.4, 0.5) is 10.1 Å². The van der Waals surface area contributed by atoms with Gasteiger partial charge in [-0.05, 0) is 63.6 Å². The molecule has 2 atom stereocenters. The minimum Gasteiger partial charge on any atom is -0.479 e. The highest BCUT2D eigenvalue weighted by molar-refractivity contribution is 5.95. The molecule has 2 aromatic rings. The van der Waals surface area contributed by atoms with E-state index in [1.807, 2.05) is 26.0 Å². The largest absolute Gasteiger partial charge is 0.479 e. The summed E-state index contributed by atoms with van der Waals surface area (Å²) < 4.78 is 23.4. The van der Waals surface area contributed by atoms with Gasteiger partial charge in [-0.25, -0.2) is 9.18 Å². The number of carbonyl (C=O) groups excluding carboxylic acids is 2. The molecule has 0 aliphatic rings. The molecule has 0 aliphatic carbocycles. The van der Waals surface area contributed by atoms with E-state index in [0.29, 0.717) is 11.4 Å². The Bertz CT molecular complexity index is 789. The van der Waals surface area contributed by atoms with Crippen molar-refractivity contribution in [3.8, 4) is 5.75 Å². The Balaban J connectivity index is 1.90. The summed E-state index contributed by atoms with van der Waals surface area (Å²) in [6.45, 7) is 6.84. The predicted octanol–water partition coefficient (Wildman–Crippen LogP) is 3.78. The molecular formula is C20H22FNO4. The number of ether oxygens (including phenoxy) is 2. The molecule has 0 spiro atoms. The van der Waals surface area contributed by atoms with Gasteiger partial charge in [0.25, 0.3) is 5.91 Å². The van der Waals surface area contributed by atoms with Crippen LogP contribution >= 0.6 is 0 Å². The second-order valence-electron chi connectivity index (χ2n) is 6.10. The van der Waals surface area contributed by atoms with Crippen molar-refractivity contribution in [3.05, 3.63) is 59.4 Å². The van der Waals surface area contributed by atoms with Gasteiger partial charge in [0.2, 0.25) is 0 Å². The fourth-order valence-electron chi connectivity index (χ4n) is 2.28. The van der Waals surface area contributed by atoms with Gasteiger partial charge >= 0.3 is 5.97 Å². The maximum atomic E-state index is 12.9. The molecule has 0 aliphatic heterocycles. The summed E-state index contributed by atoms with van der Waals surface area (Å²) in [7, 11) is 0. The van der Waals surface area contributed by atoms with Gasteiger partial charge < -0.3 is 14.8 Å². The normalized spacial score (nSPS) is 12.8. The zero-order chi connectivity index (χ0) is 19.3. The minimum atomic E-state index is -0.984. The number of hydrogen-bond acceptors (Lipinski definition) is 4. The quantitative estimate of drug-likeness (QED) is 0.797. The second-order valence-corrected chi connectivity index (χ2v) is 6.10. The van der Waals surface area contributed by atoms with Crippen LogP contribution in [0.15, 0.2) is 42.5 Å². The smallest absolute Gasteiger partial charge is 0.347 e. The standard InChI is InChI=1S/C20H22FNO4/c1-12-5-10-18(13(2)11-12)22-19(23)14(3)26-20(24)15(4)25-17-8-6-16(21)7-9-17/h5-11,14-15H,1-4H3,(H,22,23)/t14-,15-/m0/s1. The number of rotatable bonds is 6. The Morgan fingerprint density at radius 3 is 2.27 bits per heavy atom. The molecule has 0 saturated carbocycles. The fraction of sp³-hybridized carbons (Fsp3) is 0.300. The highest BCUT2D eigenvalue weighted by Crippen LogP contribution is 2.17. The summed E-state index contributed by atoms with van der Waals surface area (Å²) in [4.78, 5) is 24.3. The third kappa shape index (κ3) is 5.31. The molecule has 2 aromatic carbocycles. The van der Waals surface area contributed by atoms with Crippen molar-refractivity contribution in [2.75, 3.05) is 5.32 Å². The maximum absolute atomic E-state index is 12.9. The first-order valence-corrected chi connectivity index (χ1v) is 8.27.